The van der Waals surface area contributed by atoms with Crippen molar-refractivity contribution in [1.29, 1.82) is 0 Å². The van der Waals surface area contributed by atoms with Crippen molar-refractivity contribution in [2.75, 3.05) is 19.3 Å². The van der Waals surface area contributed by atoms with Crippen molar-refractivity contribution in [1.82, 2.24) is 19.7 Å². The van der Waals surface area contributed by atoms with Gasteiger partial charge < -0.3 is 15.7 Å². The van der Waals surface area contributed by atoms with E-state index in [9.17, 15) is 4.79 Å². The van der Waals surface area contributed by atoms with Crippen molar-refractivity contribution in [3.8, 4) is 0 Å². The van der Waals surface area contributed by atoms with Gasteiger partial charge in [0, 0.05) is 13.6 Å². The minimum Gasteiger partial charge on any atom is -0.393 e. The second kappa shape index (κ2) is 4.70. The number of carbonyl (C=O) groups is 1. The molecule has 0 unspecified atom stereocenters. The molecule has 1 aliphatic rings. The average Bonchev–Trinajstić information content (AvgIpc) is 2.61. The summed E-state index contributed by atoms with van der Waals surface area (Å²) in [5.74, 6) is 0.554. The average molecular weight is 239 g/mol. The predicted molar refractivity (Wildman–Crippen MR) is 60.8 cm³/mol. The topological polar surface area (TPSA) is 97.3 Å². The van der Waals surface area contributed by atoms with Crippen molar-refractivity contribution >= 4 is 11.9 Å². The lowest BCUT2D eigenvalue weighted by atomic mass is 9.82. The number of hydrogen-bond donors (Lipinski definition) is 2. The van der Waals surface area contributed by atoms with Crippen LogP contribution in [0, 0.1) is 5.92 Å². The van der Waals surface area contributed by atoms with Crippen LogP contribution in [0.25, 0.3) is 0 Å². The molecule has 2 rings (SSSR count). The lowest BCUT2D eigenvalue weighted by Gasteiger charge is -2.34. The lowest BCUT2D eigenvalue weighted by molar-refractivity contribution is -0.132. The third kappa shape index (κ3) is 2.94. The van der Waals surface area contributed by atoms with Crippen molar-refractivity contribution in [3.05, 3.63) is 6.33 Å². The first kappa shape index (κ1) is 11.8. The minimum absolute atomic E-state index is 0.0312. The van der Waals surface area contributed by atoms with Gasteiger partial charge in [0.05, 0.1) is 6.10 Å². The molecule has 7 nitrogen and oxygen atoms in total. The molecule has 1 fully saturated rings. The van der Waals surface area contributed by atoms with Gasteiger partial charge in [0.1, 0.15) is 12.9 Å². The van der Waals surface area contributed by atoms with E-state index in [1.807, 2.05) is 0 Å². The van der Waals surface area contributed by atoms with E-state index >= 15 is 0 Å². The van der Waals surface area contributed by atoms with Crippen LogP contribution >= 0.6 is 0 Å². The van der Waals surface area contributed by atoms with Gasteiger partial charge in [0.25, 0.3) is 0 Å². The van der Waals surface area contributed by atoms with Crippen LogP contribution in [-0.4, -0.2) is 50.4 Å². The summed E-state index contributed by atoms with van der Waals surface area (Å²) in [6.07, 6.45) is 2.83. The minimum atomic E-state index is -0.182. The number of aliphatic hydroxyl groups is 1. The summed E-state index contributed by atoms with van der Waals surface area (Å²) in [7, 11) is 1.76. The van der Waals surface area contributed by atoms with E-state index in [-0.39, 0.29) is 24.5 Å². The molecule has 0 saturated heterocycles. The fourth-order valence-corrected chi connectivity index (χ4v) is 1.98. The van der Waals surface area contributed by atoms with Gasteiger partial charge in [-0.3, -0.25) is 4.79 Å². The van der Waals surface area contributed by atoms with Gasteiger partial charge in [-0.15, -0.1) is 5.10 Å². The molecule has 0 radical (unpaired) electrons. The monoisotopic (exact) mass is 239 g/mol. The zero-order chi connectivity index (χ0) is 12.4. The Balaban J connectivity index is 1.79. The fraction of sp³-hybridized carbons (Fsp3) is 0.700. The quantitative estimate of drug-likeness (QED) is 0.709. The van der Waals surface area contributed by atoms with E-state index < -0.39 is 0 Å². The second-order valence-electron chi connectivity index (χ2n) is 4.57. The van der Waals surface area contributed by atoms with Crippen LogP contribution in [0.5, 0.6) is 0 Å². The highest BCUT2D eigenvalue weighted by atomic mass is 16.3. The number of rotatable bonds is 4. The number of amides is 1. The molecule has 0 spiro atoms. The van der Waals surface area contributed by atoms with Gasteiger partial charge in [-0.25, -0.2) is 9.67 Å². The van der Waals surface area contributed by atoms with Crippen LogP contribution in [-0.2, 0) is 11.3 Å². The maximum atomic E-state index is 11.8. The molecule has 17 heavy (non-hydrogen) atoms. The van der Waals surface area contributed by atoms with E-state index in [1.165, 1.54) is 11.0 Å². The molecule has 1 amide bonds. The van der Waals surface area contributed by atoms with Gasteiger partial charge >= 0.3 is 0 Å². The molecule has 0 aliphatic heterocycles. The Morgan fingerprint density at radius 3 is 2.94 bits per heavy atom. The first-order chi connectivity index (χ1) is 8.04. The molecule has 1 aliphatic carbocycles. The van der Waals surface area contributed by atoms with Crippen molar-refractivity contribution < 1.29 is 9.90 Å². The van der Waals surface area contributed by atoms with Crippen LogP contribution in [0.15, 0.2) is 6.33 Å². The summed E-state index contributed by atoms with van der Waals surface area (Å²) in [5, 5.41) is 13.0. The zero-order valence-electron chi connectivity index (χ0n) is 9.78. The maximum Gasteiger partial charge on any atom is 0.244 e. The summed E-state index contributed by atoms with van der Waals surface area (Å²) >= 11 is 0. The van der Waals surface area contributed by atoms with E-state index in [2.05, 4.69) is 10.1 Å². The van der Waals surface area contributed by atoms with E-state index in [4.69, 9.17) is 10.8 Å². The third-order valence-corrected chi connectivity index (χ3v) is 3.02. The third-order valence-electron chi connectivity index (χ3n) is 3.02. The summed E-state index contributed by atoms with van der Waals surface area (Å²) in [6, 6.07) is 0. The fourth-order valence-electron chi connectivity index (χ4n) is 1.98. The normalized spacial score (nSPS) is 23.2. The summed E-state index contributed by atoms with van der Waals surface area (Å²) < 4.78 is 1.42. The first-order valence-corrected chi connectivity index (χ1v) is 5.61. The maximum absolute atomic E-state index is 11.8. The first-order valence-electron chi connectivity index (χ1n) is 5.61. The van der Waals surface area contributed by atoms with Gasteiger partial charge in [0.2, 0.25) is 11.9 Å². The molecule has 94 valence electrons. The van der Waals surface area contributed by atoms with Gasteiger partial charge in [-0.05, 0) is 18.8 Å². The van der Waals surface area contributed by atoms with Crippen LogP contribution in [0.1, 0.15) is 12.8 Å². The molecule has 3 N–H and O–H groups in total. The number of nitrogens with two attached hydrogens (primary N) is 1. The van der Waals surface area contributed by atoms with Crippen LogP contribution < -0.4 is 5.73 Å². The number of anilines is 1. The van der Waals surface area contributed by atoms with Crippen molar-refractivity contribution in [2.24, 2.45) is 5.92 Å². The SMILES string of the molecule is CN(CC1CC(O)C1)C(=O)Cn1cnc(N)n1. The lowest BCUT2D eigenvalue weighted by Crippen LogP contribution is -2.40. The molecule has 0 bridgehead atoms. The smallest absolute Gasteiger partial charge is 0.244 e. The van der Waals surface area contributed by atoms with Crippen LogP contribution in [0.2, 0.25) is 0 Å². The number of aromatic nitrogens is 3. The van der Waals surface area contributed by atoms with E-state index in [0.717, 1.165) is 12.8 Å². The Hall–Kier alpha value is -1.63. The van der Waals surface area contributed by atoms with Gasteiger partial charge in [0.15, 0.2) is 0 Å². The Kier molecular flexibility index (Phi) is 3.28. The Morgan fingerprint density at radius 1 is 1.71 bits per heavy atom. The highest BCUT2D eigenvalue weighted by Crippen LogP contribution is 2.27. The molecular weight excluding hydrogens is 222 g/mol. The van der Waals surface area contributed by atoms with Gasteiger partial charge in [-0.2, -0.15) is 0 Å². The summed E-state index contributed by atoms with van der Waals surface area (Å²) in [5.41, 5.74) is 5.36. The second-order valence-corrected chi connectivity index (χ2v) is 4.57. The Morgan fingerprint density at radius 2 is 2.41 bits per heavy atom. The molecular formula is C10H17N5O2. The molecule has 1 aromatic heterocycles. The standard InChI is InChI=1S/C10H17N5O2/c1-14(4-7-2-8(16)3-7)9(17)5-15-6-12-10(11)13-15/h6-8,16H,2-5H2,1H3,(H2,11,13). The van der Waals surface area contributed by atoms with Crippen molar-refractivity contribution in [2.45, 2.75) is 25.5 Å². The number of aliphatic hydroxyl groups excluding tert-OH is 1. The highest BCUT2D eigenvalue weighted by Gasteiger charge is 2.29. The molecule has 1 heterocycles. The number of carbonyl (C=O) groups excluding carboxylic acids is 1. The predicted octanol–water partition coefficient (Wildman–Crippen LogP) is -0.910. The number of likely N-dealkylation sites (N-methyl/N-ethyl adjacent to an activating group) is 1. The van der Waals surface area contributed by atoms with E-state index in [1.54, 1.807) is 11.9 Å². The number of nitrogen functional groups attached to an aromatic ring is 1. The molecule has 1 saturated carbocycles. The molecule has 7 heteroatoms. The molecule has 0 aromatic carbocycles. The van der Waals surface area contributed by atoms with Crippen LogP contribution in [0.4, 0.5) is 5.95 Å². The molecule has 1 aromatic rings. The largest absolute Gasteiger partial charge is 0.393 e. The summed E-state index contributed by atoms with van der Waals surface area (Å²) in [4.78, 5) is 17.2. The Bertz CT molecular complexity index is 399. The number of hydrogen-bond acceptors (Lipinski definition) is 5. The van der Waals surface area contributed by atoms with E-state index in [0.29, 0.717) is 12.5 Å². The zero-order valence-corrected chi connectivity index (χ0v) is 9.78. The van der Waals surface area contributed by atoms with Crippen molar-refractivity contribution in [3.63, 3.8) is 0 Å². The number of nitrogens with zero attached hydrogens (tertiary/aromatic N) is 4. The molecule has 0 atom stereocenters. The Labute approximate surface area is 99.2 Å². The van der Waals surface area contributed by atoms with Crippen LogP contribution in [0.3, 0.4) is 0 Å². The highest BCUT2D eigenvalue weighted by molar-refractivity contribution is 5.75. The van der Waals surface area contributed by atoms with Gasteiger partial charge in [-0.1, -0.05) is 0 Å². The summed E-state index contributed by atoms with van der Waals surface area (Å²) in [6.45, 7) is 0.829.